The molecule has 0 bridgehead atoms. The minimum Gasteiger partial charge on any atom is -0.440 e. The van der Waals surface area contributed by atoms with E-state index in [1.165, 1.54) is 11.8 Å². The molecule has 1 aromatic heterocycles. The fraction of sp³-hybridized carbons (Fsp3) is 0.692. The van der Waals surface area contributed by atoms with Crippen LogP contribution in [0.5, 0.6) is 0 Å². The van der Waals surface area contributed by atoms with Crippen LogP contribution in [0, 0.1) is 12.8 Å². The van der Waals surface area contributed by atoms with Gasteiger partial charge in [0, 0.05) is 11.8 Å². The second-order valence-corrected chi connectivity index (χ2v) is 6.50. The summed E-state index contributed by atoms with van der Waals surface area (Å²) < 4.78 is 5.33. The number of nitrogens with one attached hydrogen (secondary N) is 1. The number of amides is 1. The van der Waals surface area contributed by atoms with E-state index in [0.29, 0.717) is 22.9 Å². The summed E-state index contributed by atoms with van der Waals surface area (Å²) >= 11 is 1.47. The fourth-order valence-corrected chi connectivity index (χ4v) is 3.50. The summed E-state index contributed by atoms with van der Waals surface area (Å²) in [5.41, 5.74) is 5.96. The molecule has 6 heteroatoms. The highest BCUT2D eigenvalue weighted by Crippen LogP contribution is 2.43. The van der Waals surface area contributed by atoms with E-state index in [1.807, 2.05) is 6.92 Å². The molecule has 0 aliphatic heterocycles. The van der Waals surface area contributed by atoms with E-state index in [1.54, 1.807) is 6.26 Å². The fourth-order valence-electron chi connectivity index (χ4n) is 2.36. The van der Waals surface area contributed by atoms with Crippen LogP contribution < -0.4 is 11.1 Å². The van der Waals surface area contributed by atoms with Crippen molar-refractivity contribution in [1.82, 2.24) is 10.3 Å². The Morgan fingerprint density at radius 2 is 2.32 bits per heavy atom. The zero-order chi connectivity index (χ0) is 13.5. The van der Waals surface area contributed by atoms with E-state index in [-0.39, 0.29) is 5.91 Å². The molecule has 5 nitrogen and oxygen atoms in total. The van der Waals surface area contributed by atoms with Crippen LogP contribution in [0.4, 0.5) is 0 Å². The highest BCUT2D eigenvalue weighted by Gasteiger charge is 2.52. The largest absolute Gasteiger partial charge is 0.440 e. The first kappa shape index (κ1) is 13.0. The third-order valence-electron chi connectivity index (χ3n) is 3.77. The first-order valence-electron chi connectivity index (χ1n) is 6.73. The molecule has 104 valence electrons. The van der Waals surface area contributed by atoms with Crippen molar-refractivity contribution in [2.75, 3.05) is 5.75 Å². The summed E-state index contributed by atoms with van der Waals surface area (Å²) in [5, 5.41) is 4.09. The molecule has 1 aromatic rings. The van der Waals surface area contributed by atoms with Crippen molar-refractivity contribution in [2.45, 2.75) is 49.4 Å². The Hall–Kier alpha value is -1.01. The summed E-state index contributed by atoms with van der Waals surface area (Å²) in [6, 6.07) is 0.458. The number of thioether (sulfide) groups is 1. The average molecular weight is 281 g/mol. The lowest BCUT2D eigenvalue weighted by Gasteiger charge is -2.31. The van der Waals surface area contributed by atoms with Gasteiger partial charge in [-0.2, -0.15) is 0 Å². The molecule has 2 saturated carbocycles. The van der Waals surface area contributed by atoms with Gasteiger partial charge in [0.15, 0.2) is 0 Å². The SMILES string of the molecule is Cc1coc(SCC(NC2CC2)(C(N)=O)C2CC2)n1. The molecule has 2 fully saturated rings. The first-order valence-corrected chi connectivity index (χ1v) is 7.71. The van der Waals surface area contributed by atoms with Crippen LogP contribution in [0.1, 0.15) is 31.4 Å². The highest BCUT2D eigenvalue weighted by atomic mass is 32.2. The smallest absolute Gasteiger partial charge is 0.255 e. The maximum absolute atomic E-state index is 12.0. The number of aryl methyl sites for hydroxylation is 1. The average Bonchev–Trinajstić information content (AvgIpc) is 3.25. The second kappa shape index (κ2) is 4.83. The Labute approximate surface area is 116 Å². The Morgan fingerprint density at radius 3 is 2.79 bits per heavy atom. The van der Waals surface area contributed by atoms with E-state index >= 15 is 0 Å². The highest BCUT2D eigenvalue weighted by molar-refractivity contribution is 7.99. The number of primary amides is 1. The van der Waals surface area contributed by atoms with Crippen LogP contribution >= 0.6 is 11.8 Å². The lowest BCUT2D eigenvalue weighted by molar-refractivity contribution is -0.124. The quantitative estimate of drug-likeness (QED) is 0.740. The van der Waals surface area contributed by atoms with Gasteiger partial charge < -0.3 is 10.2 Å². The van der Waals surface area contributed by atoms with Crippen molar-refractivity contribution in [1.29, 1.82) is 0 Å². The summed E-state index contributed by atoms with van der Waals surface area (Å²) in [6.07, 6.45) is 6.07. The topological polar surface area (TPSA) is 81.1 Å². The molecule has 1 amide bonds. The van der Waals surface area contributed by atoms with E-state index < -0.39 is 5.54 Å². The number of carbonyl (C=O) groups excluding carboxylic acids is 1. The van der Waals surface area contributed by atoms with Gasteiger partial charge in [0.1, 0.15) is 11.8 Å². The minimum absolute atomic E-state index is 0.238. The van der Waals surface area contributed by atoms with E-state index in [0.717, 1.165) is 31.4 Å². The standard InChI is InChI=1S/C13H19N3O2S/c1-8-6-18-12(15-8)19-7-13(11(14)17,9-2-3-9)16-10-4-5-10/h6,9-10,16H,2-5,7H2,1H3,(H2,14,17). The minimum atomic E-state index is -0.589. The van der Waals surface area contributed by atoms with Gasteiger partial charge >= 0.3 is 0 Å². The Bertz CT molecular complexity index is 482. The van der Waals surface area contributed by atoms with E-state index in [2.05, 4.69) is 10.3 Å². The molecular weight excluding hydrogens is 262 g/mol. The van der Waals surface area contributed by atoms with E-state index in [4.69, 9.17) is 10.2 Å². The van der Waals surface area contributed by atoms with Crippen LogP contribution in [0.15, 0.2) is 15.9 Å². The number of oxazole rings is 1. The molecule has 1 heterocycles. The zero-order valence-electron chi connectivity index (χ0n) is 11.0. The van der Waals surface area contributed by atoms with Gasteiger partial charge in [0.05, 0.1) is 5.69 Å². The third kappa shape index (κ3) is 2.79. The first-order chi connectivity index (χ1) is 9.10. The van der Waals surface area contributed by atoms with Crippen LogP contribution in [0.25, 0.3) is 0 Å². The monoisotopic (exact) mass is 281 g/mol. The van der Waals surface area contributed by atoms with Crippen molar-refractivity contribution >= 4 is 17.7 Å². The van der Waals surface area contributed by atoms with Crippen LogP contribution in [0.2, 0.25) is 0 Å². The van der Waals surface area contributed by atoms with Gasteiger partial charge in [-0.15, -0.1) is 0 Å². The van der Waals surface area contributed by atoms with Crippen molar-refractivity contribution in [3.05, 3.63) is 12.0 Å². The summed E-state index contributed by atoms with van der Waals surface area (Å²) in [6.45, 7) is 1.89. The van der Waals surface area contributed by atoms with Gasteiger partial charge in [-0.3, -0.25) is 10.1 Å². The molecule has 3 rings (SSSR count). The number of nitrogens with zero attached hydrogens (tertiary/aromatic N) is 1. The van der Waals surface area contributed by atoms with Gasteiger partial charge in [0.2, 0.25) is 5.91 Å². The Morgan fingerprint density at radius 1 is 1.58 bits per heavy atom. The lowest BCUT2D eigenvalue weighted by atomic mass is 9.94. The van der Waals surface area contributed by atoms with Gasteiger partial charge in [0.25, 0.3) is 5.22 Å². The summed E-state index contributed by atoms with van der Waals surface area (Å²) in [4.78, 5) is 16.3. The molecule has 2 aliphatic carbocycles. The summed E-state index contributed by atoms with van der Waals surface area (Å²) in [5.74, 6) is 0.732. The predicted molar refractivity (Wildman–Crippen MR) is 72.8 cm³/mol. The number of hydrogen-bond donors (Lipinski definition) is 2. The maximum Gasteiger partial charge on any atom is 0.255 e. The van der Waals surface area contributed by atoms with E-state index in [9.17, 15) is 4.79 Å². The van der Waals surface area contributed by atoms with Crippen LogP contribution in [-0.4, -0.2) is 28.2 Å². The zero-order valence-corrected chi connectivity index (χ0v) is 11.8. The second-order valence-electron chi connectivity index (χ2n) is 5.57. The maximum atomic E-state index is 12.0. The normalized spacial score (nSPS) is 22.2. The molecule has 0 spiro atoms. The van der Waals surface area contributed by atoms with Crippen molar-refractivity contribution in [3.8, 4) is 0 Å². The van der Waals surface area contributed by atoms with Crippen molar-refractivity contribution < 1.29 is 9.21 Å². The number of nitrogens with two attached hydrogens (primary N) is 1. The number of carbonyl (C=O) groups is 1. The molecule has 2 aliphatic rings. The molecule has 0 aromatic carbocycles. The predicted octanol–water partition coefficient (Wildman–Crippen LogP) is 1.46. The molecule has 1 unspecified atom stereocenters. The Balaban J connectivity index is 1.72. The van der Waals surface area contributed by atoms with Gasteiger partial charge in [-0.1, -0.05) is 11.8 Å². The lowest BCUT2D eigenvalue weighted by Crippen LogP contribution is -2.60. The summed E-state index contributed by atoms with van der Waals surface area (Å²) in [7, 11) is 0. The molecule has 1 atom stereocenters. The van der Waals surface area contributed by atoms with Crippen LogP contribution in [0.3, 0.4) is 0 Å². The van der Waals surface area contributed by atoms with Crippen LogP contribution in [-0.2, 0) is 4.79 Å². The molecular formula is C13H19N3O2S. The van der Waals surface area contributed by atoms with Crippen molar-refractivity contribution in [2.24, 2.45) is 11.7 Å². The molecule has 0 radical (unpaired) electrons. The number of aromatic nitrogens is 1. The number of rotatable bonds is 7. The van der Waals surface area contributed by atoms with Gasteiger partial charge in [-0.05, 0) is 38.5 Å². The molecule has 0 saturated heterocycles. The third-order valence-corrected chi connectivity index (χ3v) is 4.81. The Kier molecular flexibility index (Phi) is 3.30. The van der Waals surface area contributed by atoms with Gasteiger partial charge in [-0.25, -0.2) is 4.98 Å². The molecule has 3 N–H and O–H groups in total. The molecule has 19 heavy (non-hydrogen) atoms. The number of hydrogen-bond acceptors (Lipinski definition) is 5. The van der Waals surface area contributed by atoms with Crippen molar-refractivity contribution in [3.63, 3.8) is 0 Å².